The standard InChI is InChI=1S/C18H15ClN2O2/c1-11-4-3-5-12(2)17(11)21-18(23)14(10-20)8-13-6-7-16(22)15(19)9-13/h3-9,22H,1-2H3,(H,21,23). The summed E-state index contributed by atoms with van der Waals surface area (Å²) in [5, 5.41) is 21.6. The van der Waals surface area contributed by atoms with Crippen LogP contribution in [-0.4, -0.2) is 11.0 Å². The summed E-state index contributed by atoms with van der Waals surface area (Å²) in [7, 11) is 0. The molecule has 0 heterocycles. The van der Waals surface area contributed by atoms with Crippen molar-refractivity contribution in [1.82, 2.24) is 0 Å². The van der Waals surface area contributed by atoms with E-state index in [1.54, 1.807) is 6.07 Å². The molecule has 5 heteroatoms. The summed E-state index contributed by atoms with van der Waals surface area (Å²) in [6.45, 7) is 3.77. The highest BCUT2D eigenvalue weighted by atomic mass is 35.5. The van der Waals surface area contributed by atoms with Crippen LogP contribution >= 0.6 is 11.6 Å². The number of nitrogens with one attached hydrogen (secondary N) is 1. The molecule has 0 aliphatic rings. The number of aromatic hydroxyl groups is 1. The molecule has 0 aliphatic heterocycles. The van der Waals surface area contributed by atoms with Crippen LogP contribution in [0.1, 0.15) is 16.7 Å². The van der Waals surface area contributed by atoms with Crippen molar-refractivity contribution in [2.45, 2.75) is 13.8 Å². The van der Waals surface area contributed by atoms with Crippen molar-refractivity contribution in [1.29, 1.82) is 5.26 Å². The fraction of sp³-hybridized carbons (Fsp3) is 0.111. The zero-order valence-corrected chi connectivity index (χ0v) is 13.5. The molecular formula is C18H15ClN2O2. The predicted molar refractivity (Wildman–Crippen MR) is 91.3 cm³/mol. The summed E-state index contributed by atoms with van der Waals surface area (Å²) in [5.74, 6) is -0.545. The number of phenols is 1. The van der Waals surface area contributed by atoms with Gasteiger partial charge in [0, 0.05) is 5.69 Å². The number of carbonyl (C=O) groups is 1. The Morgan fingerprint density at radius 1 is 1.26 bits per heavy atom. The van der Waals surface area contributed by atoms with Gasteiger partial charge in [-0.2, -0.15) is 5.26 Å². The van der Waals surface area contributed by atoms with Crippen LogP contribution in [0.3, 0.4) is 0 Å². The molecule has 0 bridgehead atoms. The first-order valence-electron chi connectivity index (χ1n) is 6.90. The van der Waals surface area contributed by atoms with Crippen LogP contribution in [0.5, 0.6) is 5.75 Å². The number of nitriles is 1. The zero-order valence-electron chi connectivity index (χ0n) is 12.7. The van der Waals surface area contributed by atoms with Crippen LogP contribution in [0, 0.1) is 25.2 Å². The van der Waals surface area contributed by atoms with Gasteiger partial charge in [0.15, 0.2) is 0 Å². The zero-order chi connectivity index (χ0) is 17.0. The van der Waals surface area contributed by atoms with Crippen molar-refractivity contribution < 1.29 is 9.90 Å². The molecule has 2 N–H and O–H groups in total. The van der Waals surface area contributed by atoms with Gasteiger partial charge in [0.05, 0.1) is 5.02 Å². The van der Waals surface area contributed by atoms with Gasteiger partial charge in [-0.05, 0) is 48.7 Å². The Labute approximate surface area is 139 Å². The first-order valence-corrected chi connectivity index (χ1v) is 7.28. The van der Waals surface area contributed by atoms with Crippen molar-refractivity contribution in [2.75, 3.05) is 5.32 Å². The molecule has 0 fully saturated rings. The molecule has 0 aromatic heterocycles. The molecule has 0 unspecified atom stereocenters. The Bertz CT molecular complexity index is 815. The van der Waals surface area contributed by atoms with Gasteiger partial charge in [-0.1, -0.05) is 35.9 Å². The highest BCUT2D eigenvalue weighted by Gasteiger charge is 2.12. The maximum atomic E-state index is 12.3. The molecule has 116 valence electrons. The van der Waals surface area contributed by atoms with Gasteiger partial charge < -0.3 is 10.4 Å². The van der Waals surface area contributed by atoms with Crippen molar-refractivity contribution in [3.05, 3.63) is 63.7 Å². The second-order valence-electron chi connectivity index (χ2n) is 5.10. The fourth-order valence-electron chi connectivity index (χ4n) is 2.12. The van der Waals surface area contributed by atoms with E-state index in [4.69, 9.17) is 11.6 Å². The third-order valence-electron chi connectivity index (χ3n) is 3.37. The van der Waals surface area contributed by atoms with E-state index in [2.05, 4.69) is 5.32 Å². The number of rotatable bonds is 3. The topological polar surface area (TPSA) is 73.1 Å². The highest BCUT2D eigenvalue weighted by molar-refractivity contribution is 6.32. The Balaban J connectivity index is 2.30. The van der Waals surface area contributed by atoms with Crippen molar-refractivity contribution >= 4 is 29.3 Å². The molecular weight excluding hydrogens is 312 g/mol. The number of para-hydroxylation sites is 1. The van der Waals surface area contributed by atoms with Crippen LogP contribution in [0.2, 0.25) is 5.02 Å². The second kappa shape index (κ2) is 6.99. The molecule has 1 amide bonds. The number of benzene rings is 2. The predicted octanol–water partition coefficient (Wildman–Crippen LogP) is 4.21. The van der Waals surface area contributed by atoms with E-state index in [1.165, 1.54) is 18.2 Å². The van der Waals surface area contributed by atoms with E-state index < -0.39 is 5.91 Å². The summed E-state index contributed by atoms with van der Waals surface area (Å²) >= 11 is 5.83. The summed E-state index contributed by atoms with van der Waals surface area (Å²) in [4.78, 5) is 12.3. The number of hydrogen-bond acceptors (Lipinski definition) is 3. The van der Waals surface area contributed by atoms with Crippen LogP contribution in [0.25, 0.3) is 6.08 Å². The SMILES string of the molecule is Cc1cccc(C)c1NC(=O)C(C#N)=Cc1ccc(O)c(Cl)c1. The average Bonchev–Trinajstić information content (AvgIpc) is 2.52. The molecule has 4 nitrogen and oxygen atoms in total. The number of amides is 1. The van der Waals surface area contributed by atoms with E-state index in [0.717, 1.165) is 11.1 Å². The monoisotopic (exact) mass is 326 g/mol. The van der Waals surface area contributed by atoms with Crippen molar-refractivity contribution in [3.8, 4) is 11.8 Å². The van der Waals surface area contributed by atoms with Gasteiger partial charge in [0.1, 0.15) is 17.4 Å². The van der Waals surface area contributed by atoms with Crippen molar-refractivity contribution in [2.24, 2.45) is 0 Å². The van der Waals surface area contributed by atoms with Gasteiger partial charge in [-0.15, -0.1) is 0 Å². The van der Waals surface area contributed by atoms with E-state index in [9.17, 15) is 15.2 Å². The number of anilines is 1. The van der Waals surface area contributed by atoms with E-state index in [-0.39, 0.29) is 16.3 Å². The number of aryl methyl sites for hydroxylation is 2. The molecule has 2 aromatic carbocycles. The molecule has 0 saturated heterocycles. The first kappa shape index (κ1) is 16.6. The van der Waals surface area contributed by atoms with Gasteiger partial charge in [-0.3, -0.25) is 4.79 Å². The number of carbonyl (C=O) groups excluding carboxylic acids is 1. The van der Waals surface area contributed by atoms with Crippen LogP contribution in [0.15, 0.2) is 42.0 Å². The molecule has 2 aromatic rings. The lowest BCUT2D eigenvalue weighted by Crippen LogP contribution is -2.15. The lowest BCUT2D eigenvalue weighted by Gasteiger charge is -2.11. The lowest BCUT2D eigenvalue weighted by molar-refractivity contribution is -0.112. The van der Waals surface area contributed by atoms with Crippen LogP contribution in [0.4, 0.5) is 5.69 Å². The molecule has 0 radical (unpaired) electrons. The van der Waals surface area contributed by atoms with Crippen LogP contribution < -0.4 is 5.32 Å². The summed E-state index contributed by atoms with van der Waals surface area (Å²) in [5.41, 5.74) is 3.05. The summed E-state index contributed by atoms with van der Waals surface area (Å²) in [6, 6.07) is 12.0. The smallest absolute Gasteiger partial charge is 0.266 e. The van der Waals surface area contributed by atoms with Gasteiger partial charge >= 0.3 is 0 Å². The van der Waals surface area contributed by atoms with E-state index in [0.29, 0.717) is 11.3 Å². The second-order valence-corrected chi connectivity index (χ2v) is 5.51. The van der Waals surface area contributed by atoms with Crippen molar-refractivity contribution in [3.63, 3.8) is 0 Å². The molecule has 2 rings (SSSR count). The Kier molecular flexibility index (Phi) is 5.05. The number of nitrogens with zero attached hydrogens (tertiary/aromatic N) is 1. The largest absolute Gasteiger partial charge is 0.506 e. The Morgan fingerprint density at radius 3 is 2.48 bits per heavy atom. The summed E-state index contributed by atoms with van der Waals surface area (Å²) < 4.78 is 0. The van der Waals surface area contributed by atoms with Gasteiger partial charge in [0.25, 0.3) is 5.91 Å². The van der Waals surface area contributed by atoms with E-state index in [1.807, 2.05) is 38.1 Å². The maximum absolute atomic E-state index is 12.3. The fourth-order valence-corrected chi connectivity index (χ4v) is 2.31. The van der Waals surface area contributed by atoms with E-state index >= 15 is 0 Å². The molecule has 0 aliphatic carbocycles. The minimum Gasteiger partial charge on any atom is -0.506 e. The maximum Gasteiger partial charge on any atom is 0.266 e. The van der Waals surface area contributed by atoms with Crippen LogP contribution in [-0.2, 0) is 4.79 Å². The number of hydrogen-bond donors (Lipinski definition) is 2. The third kappa shape index (κ3) is 3.91. The molecule has 23 heavy (non-hydrogen) atoms. The number of halogens is 1. The summed E-state index contributed by atoms with van der Waals surface area (Å²) in [6.07, 6.45) is 1.42. The lowest BCUT2D eigenvalue weighted by atomic mass is 10.1. The average molecular weight is 327 g/mol. The quantitative estimate of drug-likeness (QED) is 0.655. The van der Waals surface area contributed by atoms with Gasteiger partial charge in [-0.25, -0.2) is 0 Å². The molecule has 0 saturated carbocycles. The molecule has 0 atom stereocenters. The minimum atomic E-state index is -0.492. The molecule has 0 spiro atoms. The normalized spacial score (nSPS) is 11.0. The minimum absolute atomic E-state index is 0.0468. The van der Waals surface area contributed by atoms with Gasteiger partial charge in [0.2, 0.25) is 0 Å². The highest BCUT2D eigenvalue weighted by Crippen LogP contribution is 2.25. The Morgan fingerprint density at radius 2 is 1.91 bits per heavy atom. The number of phenolic OH excluding ortho intramolecular Hbond substituents is 1. The Hall–Kier alpha value is -2.77. The third-order valence-corrected chi connectivity index (χ3v) is 3.67. The first-order chi connectivity index (χ1) is 10.9.